The van der Waals surface area contributed by atoms with Crippen LogP contribution in [0.5, 0.6) is 17.2 Å². The fourth-order valence-corrected chi connectivity index (χ4v) is 2.25. The third-order valence-electron chi connectivity index (χ3n) is 3.40. The Kier molecular flexibility index (Phi) is 4.61. The highest BCUT2D eigenvalue weighted by molar-refractivity contribution is 5.86. The van der Waals surface area contributed by atoms with Crippen molar-refractivity contribution in [3.05, 3.63) is 66.5 Å². The van der Waals surface area contributed by atoms with Crippen LogP contribution >= 0.6 is 0 Å². The quantitative estimate of drug-likeness (QED) is 0.526. The van der Waals surface area contributed by atoms with E-state index in [1.807, 2.05) is 24.3 Å². The lowest BCUT2D eigenvalue weighted by Crippen LogP contribution is -2.17. The molecular formula is C19H15FO4. The molecule has 122 valence electrons. The summed E-state index contributed by atoms with van der Waals surface area (Å²) in [5.74, 6) is 0.407. The maximum absolute atomic E-state index is 13.0. The van der Waals surface area contributed by atoms with E-state index >= 15 is 0 Å². The van der Waals surface area contributed by atoms with Crippen LogP contribution in [0.25, 0.3) is 10.8 Å². The van der Waals surface area contributed by atoms with E-state index in [1.54, 1.807) is 25.3 Å². The van der Waals surface area contributed by atoms with Gasteiger partial charge in [0.05, 0.1) is 7.11 Å². The summed E-state index contributed by atoms with van der Waals surface area (Å²) < 4.78 is 28.7. The number of methoxy groups -OCH3 is 1. The molecule has 0 atom stereocenters. The molecule has 4 nitrogen and oxygen atoms in total. The SMILES string of the molecule is COc1ccc2ccc(OC(=O)COc3cccc(F)c3)cc2c1. The number of fused-ring (bicyclic) bond motifs is 1. The van der Waals surface area contributed by atoms with Gasteiger partial charge in [-0.25, -0.2) is 9.18 Å². The Morgan fingerprint density at radius 2 is 1.67 bits per heavy atom. The molecule has 0 saturated carbocycles. The number of benzene rings is 3. The molecule has 3 rings (SSSR count). The van der Waals surface area contributed by atoms with Crippen molar-refractivity contribution in [2.24, 2.45) is 0 Å². The Hall–Kier alpha value is -3.08. The smallest absolute Gasteiger partial charge is 0.349 e. The van der Waals surface area contributed by atoms with Crippen molar-refractivity contribution < 1.29 is 23.4 Å². The highest BCUT2D eigenvalue weighted by Crippen LogP contribution is 2.25. The van der Waals surface area contributed by atoms with Gasteiger partial charge in [-0.2, -0.15) is 0 Å². The van der Waals surface area contributed by atoms with Crippen LogP contribution in [0.3, 0.4) is 0 Å². The topological polar surface area (TPSA) is 44.8 Å². The first-order chi connectivity index (χ1) is 11.6. The second-order valence-electron chi connectivity index (χ2n) is 5.10. The molecule has 3 aromatic carbocycles. The van der Waals surface area contributed by atoms with Gasteiger partial charge in [-0.3, -0.25) is 0 Å². The summed E-state index contributed by atoms with van der Waals surface area (Å²) in [6.07, 6.45) is 0. The van der Waals surface area contributed by atoms with Gasteiger partial charge >= 0.3 is 5.97 Å². The third-order valence-corrected chi connectivity index (χ3v) is 3.40. The number of esters is 1. The molecule has 0 saturated heterocycles. The molecule has 0 amide bonds. The van der Waals surface area contributed by atoms with Crippen LogP contribution in [-0.4, -0.2) is 19.7 Å². The van der Waals surface area contributed by atoms with E-state index in [2.05, 4.69) is 0 Å². The molecule has 0 spiro atoms. The second-order valence-corrected chi connectivity index (χ2v) is 5.10. The summed E-state index contributed by atoms with van der Waals surface area (Å²) in [7, 11) is 1.59. The number of ether oxygens (including phenoxy) is 3. The number of rotatable bonds is 5. The molecule has 0 aliphatic carbocycles. The second kappa shape index (κ2) is 7.00. The minimum Gasteiger partial charge on any atom is -0.497 e. The van der Waals surface area contributed by atoms with Crippen LogP contribution < -0.4 is 14.2 Å². The van der Waals surface area contributed by atoms with Gasteiger partial charge in [-0.15, -0.1) is 0 Å². The fraction of sp³-hybridized carbons (Fsp3) is 0.105. The minimum absolute atomic E-state index is 0.273. The molecule has 0 radical (unpaired) electrons. The van der Waals surface area contributed by atoms with Crippen molar-refractivity contribution in [3.63, 3.8) is 0 Å². The van der Waals surface area contributed by atoms with Crippen molar-refractivity contribution in [3.8, 4) is 17.2 Å². The lowest BCUT2D eigenvalue weighted by molar-refractivity contribution is -0.136. The Morgan fingerprint density at radius 1 is 0.917 bits per heavy atom. The minimum atomic E-state index is -0.568. The first kappa shape index (κ1) is 15.8. The van der Waals surface area contributed by atoms with Gasteiger partial charge in [0.25, 0.3) is 0 Å². The van der Waals surface area contributed by atoms with Gasteiger partial charge in [-0.05, 0) is 47.2 Å². The predicted octanol–water partition coefficient (Wildman–Crippen LogP) is 3.97. The van der Waals surface area contributed by atoms with Crippen LogP contribution in [0, 0.1) is 5.82 Å². The van der Waals surface area contributed by atoms with Crippen molar-refractivity contribution in [2.45, 2.75) is 0 Å². The lowest BCUT2D eigenvalue weighted by atomic mass is 10.1. The lowest BCUT2D eigenvalue weighted by Gasteiger charge is -2.08. The molecule has 0 unspecified atom stereocenters. The van der Waals surface area contributed by atoms with Crippen molar-refractivity contribution in [1.29, 1.82) is 0 Å². The average molecular weight is 326 g/mol. The zero-order valence-corrected chi connectivity index (χ0v) is 13.0. The first-order valence-electron chi connectivity index (χ1n) is 7.31. The van der Waals surface area contributed by atoms with E-state index in [9.17, 15) is 9.18 Å². The standard InChI is InChI=1S/C19H15FO4/c1-22-16-7-5-13-6-8-18(10-14(13)9-16)24-19(21)12-23-17-4-2-3-15(20)11-17/h2-11H,12H2,1H3. The molecule has 24 heavy (non-hydrogen) atoms. The van der Waals surface area contributed by atoms with Crippen molar-refractivity contribution >= 4 is 16.7 Å². The highest BCUT2D eigenvalue weighted by Gasteiger charge is 2.08. The average Bonchev–Trinajstić information content (AvgIpc) is 2.59. The molecule has 0 heterocycles. The highest BCUT2D eigenvalue weighted by atomic mass is 19.1. The van der Waals surface area contributed by atoms with E-state index in [4.69, 9.17) is 14.2 Å². The third kappa shape index (κ3) is 3.81. The van der Waals surface area contributed by atoms with Gasteiger partial charge in [0.1, 0.15) is 23.1 Å². The van der Waals surface area contributed by atoms with Crippen molar-refractivity contribution in [1.82, 2.24) is 0 Å². The van der Waals surface area contributed by atoms with Crippen molar-refractivity contribution in [2.75, 3.05) is 13.7 Å². The first-order valence-corrected chi connectivity index (χ1v) is 7.31. The Bertz CT molecular complexity index is 876. The molecule has 0 aliphatic rings. The fourth-order valence-electron chi connectivity index (χ4n) is 2.25. The van der Waals surface area contributed by atoms with Gasteiger partial charge in [-0.1, -0.05) is 18.2 Å². The maximum atomic E-state index is 13.0. The summed E-state index contributed by atoms with van der Waals surface area (Å²) >= 11 is 0. The molecule has 0 fully saturated rings. The molecule has 0 N–H and O–H groups in total. The molecule has 0 bridgehead atoms. The van der Waals surface area contributed by atoms with Gasteiger partial charge < -0.3 is 14.2 Å². The van der Waals surface area contributed by atoms with Crippen LogP contribution in [0.15, 0.2) is 60.7 Å². The van der Waals surface area contributed by atoms with Gasteiger partial charge in [0.2, 0.25) is 0 Å². The van der Waals surface area contributed by atoms with E-state index in [-0.39, 0.29) is 12.4 Å². The molecule has 3 aromatic rings. The number of hydrogen-bond donors (Lipinski definition) is 0. The van der Waals surface area contributed by atoms with Crippen LogP contribution in [0.4, 0.5) is 4.39 Å². The monoisotopic (exact) mass is 326 g/mol. The molecule has 5 heteroatoms. The normalized spacial score (nSPS) is 10.4. The summed E-state index contributed by atoms with van der Waals surface area (Å²) in [5, 5.41) is 1.90. The Morgan fingerprint density at radius 3 is 2.42 bits per heavy atom. The zero-order chi connectivity index (χ0) is 16.9. The largest absolute Gasteiger partial charge is 0.497 e. The summed E-state index contributed by atoms with van der Waals surface area (Å²) in [6.45, 7) is -0.306. The molecule has 0 aromatic heterocycles. The number of halogens is 1. The Balaban J connectivity index is 1.66. The van der Waals surface area contributed by atoms with E-state index < -0.39 is 11.8 Å². The van der Waals surface area contributed by atoms with E-state index in [1.165, 1.54) is 18.2 Å². The predicted molar refractivity (Wildman–Crippen MR) is 88.0 cm³/mol. The van der Waals surface area contributed by atoms with Crippen LogP contribution in [0.1, 0.15) is 0 Å². The zero-order valence-electron chi connectivity index (χ0n) is 13.0. The summed E-state index contributed by atoms with van der Waals surface area (Å²) in [5.41, 5.74) is 0. The number of hydrogen-bond acceptors (Lipinski definition) is 4. The van der Waals surface area contributed by atoms with E-state index in [0.717, 1.165) is 16.5 Å². The number of carbonyl (C=O) groups excluding carboxylic acids is 1. The molecular weight excluding hydrogens is 311 g/mol. The van der Waals surface area contributed by atoms with Gasteiger partial charge in [0, 0.05) is 6.07 Å². The summed E-state index contributed by atoms with van der Waals surface area (Å²) in [4.78, 5) is 11.9. The molecule has 0 aliphatic heterocycles. The maximum Gasteiger partial charge on any atom is 0.349 e. The van der Waals surface area contributed by atoms with Gasteiger partial charge in [0.15, 0.2) is 6.61 Å². The van der Waals surface area contributed by atoms with Crippen LogP contribution in [0.2, 0.25) is 0 Å². The van der Waals surface area contributed by atoms with Crippen LogP contribution in [-0.2, 0) is 4.79 Å². The number of carbonyl (C=O) groups is 1. The Labute approximate surface area is 138 Å². The summed E-state index contributed by atoms with van der Waals surface area (Å²) in [6, 6.07) is 16.5. The van der Waals surface area contributed by atoms with E-state index in [0.29, 0.717) is 5.75 Å².